The number of aromatic amines is 1. The number of nitrogens with zero attached hydrogens (tertiary/aromatic N) is 3. The Bertz CT molecular complexity index is 1270. The average Bonchev–Trinajstić information content (AvgIpc) is 3.35. The van der Waals surface area contributed by atoms with Crippen LogP contribution in [0.2, 0.25) is 0 Å². The molecule has 3 aromatic carbocycles. The lowest BCUT2D eigenvalue weighted by Gasteiger charge is -2.15. The summed E-state index contributed by atoms with van der Waals surface area (Å²) < 4.78 is 5.51. The van der Waals surface area contributed by atoms with Crippen LogP contribution in [-0.2, 0) is 6.54 Å². The maximum absolute atomic E-state index is 13.0. The summed E-state index contributed by atoms with van der Waals surface area (Å²) in [5.41, 5.74) is 6.54. The van der Waals surface area contributed by atoms with Crippen LogP contribution in [0.5, 0.6) is 5.75 Å². The predicted octanol–water partition coefficient (Wildman–Crippen LogP) is 4.86. The van der Waals surface area contributed by atoms with Crippen LogP contribution < -0.4 is 14.5 Å². The molecule has 0 bridgehead atoms. The molecule has 0 unspecified atom stereocenters. The van der Waals surface area contributed by atoms with E-state index in [4.69, 9.17) is 9.72 Å². The summed E-state index contributed by atoms with van der Waals surface area (Å²) in [7, 11) is 4.01. The predicted molar refractivity (Wildman–Crippen MR) is 124 cm³/mol. The number of hydrogen-bond acceptors (Lipinski definition) is 4. The van der Waals surface area contributed by atoms with Crippen molar-refractivity contribution in [2.45, 2.75) is 13.5 Å². The fourth-order valence-electron chi connectivity index (χ4n) is 3.97. The summed E-state index contributed by atoms with van der Waals surface area (Å²) in [5, 5.41) is 0. The lowest BCUT2D eigenvalue weighted by Crippen LogP contribution is -2.22. The van der Waals surface area contributed by atoms with Gasteiger partial charge in [0.05, 0.1) is 24.2 Å². The Morgan fingerprint density at radius 3 is 2.61 bits per heavy atom. The number of fused-ring (bicyclic) bond motifs is 2. The molecule has 156 valence electrons. The number of hydrogen-bond donors (Lipinski definition) is 1. The Morgan fingerprint density at radius 2 is 1.87 bits per heavy atom. The Kier molecular flexibility index (Phi) is 4.62. The molecule has 1 aliphatic heterocycles. The van der Waals surface area contributed by atoms with E-state index < -0.39 is 0 Å². The first-order valence-corrected chi connectivity index (χ1v) is 10.4. The van der Waals surface area contributed by atoms with Crippen molar-refractivity contribution in [3.63, 3.8) is 0 Å². The highest BCUT2D eigenvalue weighted by Crippen LogP contribution is 2.32. The highest BCUT2D eigenvalue weighted by atomic mass is 16.5. The minimum Gasteiger partial charge on any atom is -0.494 e. The third-order valence-corrected chi connectivity index (χ3v) is 5.63. The van der Waals surface area contributed by atoms with Gasteiger partial charge in [-0.2, -0.15) is 0 Å². The van der Waals surface area contributed by atoms with E-state index in [9.17, 15) is 4.79 Å². The first kappa shape index (κ1) is 19.2. The molecule has 6 nitrogen and oxygen atoms in total. The molecule has 0 aliphatic carbocycles. The highest BCUT2D eigenvalue weighted by Gasteiger charge is 2.29. The van der Waals surface area contributed by atoms with Crippen molar-refractivity contribution in [1.82, 2.24) is 9.97 Å². The number of ether oxygens (including phenoxy) is 1. The molecule has 0 spiro atoms. The molecule has 2 heterocycles. The van der Waals surface area contributed by atoms with Crippen molar-refractivity contribution >= 4 is 28.3 Å². The van der Waals surface area contributed by atoms with Gasteiger partial charge in [0.2, 0.25) is 0 Å². The van der Waals surface area contributed by atoms with E-state index in [2.05, 4.69) is 11.1 Å². The van der Waals surface area contributed by atoms with E-state index in [0.29, 0.717) is 13.2 Å². The van der Waals surface area contributed by atoms with Gasteiger partial charge in [0.25, 0.3) is 5.91 Å². The Hall–Kier alpha value is -3.80. The maximum atomic E-state index is 13.0. The number of benzene rings is 3. The van der Waals surface area contributed by atoms with E-state index in [0.717, 1.165) is 50.7 Å². The number of carbonyl (C=O) groups excluding carboxylic acids is 1. The summed E-state index contributed by atoms with van der Waals surface area (Å²) in [6, 6.07) is 19.8. The molecule has 1 aromatic heterocycles. The summed E-state index contributed by atoms with van der Waals surface area (Å²) in [4.78, 5) is 25.0. The van der Waals surface area contributed by atoms with Crippen LogP contribution in [0.1, 0.15) is 22.8 Å². The number of H-pyrrole nitrogens is 1. The van der Waals surface area contributed by atoms with E-state index in [1.807, 2.05) is 85.4 Å². The Morgan fingerprint density at radius 1 is 1.06 bits per heavy atom. The van der Waals surface area contributed by atoms with Gasteiger partial charge in [0, 0.05) is 36.6 Å². The summed E-state index contributed by atoms with van der Waals surface area (Å²) >= 11 is 0. The van der Waals surface area contributed by atoms with Gasteiger partial charge in [-0.3, -0.25) is 4.79 Å². The molecule has 0 fully saturated rings. The molecule has 0 saturated heterocycles. The minimum atomic E-state index is 0.0332. The van der Waals surface area contributed by atoms with Crippen molar-refractivity contribution in [3.05, 3.63) is 71.8 Å². The molecule has 1 amide bonds. The number of rotatable bonds is 5. The van der Waals surface area contributed by atoms with Crippen molar-refractivity contribution in [3.8, 4) is 17.1 Å². The molecule has 4 aromatic rings. The van der Waals surface area contributed by atoms with Crippen molar-refractivity contribution in [1.29, 1.82) is 0 Å². The largest absolute Gasteiger partial charge is 0.494 e. The second-order valence-corrected chi connectivity index (χ2v) is 7.87. The minimum absolute atomic E-state index is 0.0332. The number of anilines is 2. The van der Waals surface area contributed by atoms with Crippen molar-refractivity contribution in [2.75, 3.05) is 30.5 Å². The zero-order valence-electron chi connectivity index (χ0n) is 17.8. The zero-order chi connectivity index (χ0) is 21.5. The quantitative estimate of drug-likeness (QED) is 0.509. The molecule has 6 heteroatoms. The van der Waals surface area contributed by atoms with E-state index in [1.165, 1.54) is 0 Å². The maximum Gasteiger partial charge on any atom is 0.258 e. The topological polar surface area (TPSA) is 61.5 Å². The van der Waals surface area contributed by atoms with E-state index in [-0.39, 0.29) is 5.91 Å². The summed E-state index contributed by atoms with van der Waals surface area (Å²) in [6.07, 6.45) is 0. The third-order valence-electron chi connectivity index (χ3n) is 5.63. The fraction of sp³-hybridized carbons (Fsp3) is 0.200. The Balaban J connectivity index is 1.44. The highest BCUT2D eigenvalue weighted by molar-refractivity contribution is 6.10. The van der Waals surface area contributed by atoms with Crippen LogP contribution in [-0.4, -0.2) is 36.6 Å². The van der Waals surface area contributed by atoms with Gasteiger partial charge in [-0.05, 0) is 73.2 Å². The van der Waals surface area contributed by atoms with Gasteiger partial charge in [0.1, 0.15) is 11.6 Å². The van der Waals surface area contributed by atoms with Crippen LogP contribution in [0.4, 0.5) is 11.4 Å². The monoisotopic (exact) mass is 412 g/mol. The van der Waals surface area contributed by atoms with Gasteiger partial charge < -0.3 is 19.5 Å². The van der Waals surface area contributed by atoms with Gasteiger partial charge in [0.15, 0.2) is 0 Å². The smallest absolute Gasteiger partial charge is 0.258 e. The van der Waals surface area contributed by atoms with Crippen LogP contribution >= 0.6 is 0 Å². The van der Waals surface area contributed by atoms with Crippen LogP contribution in [0, 0.1) is 0 Å². The lowest BCUT2D eigenvalue weighted by atomic mass is 10.1. The zero-order valence-corrected chi connectivity index (χ0v) is 17.8. The van der Waals surface area contributed by atoms with Crippen LogP contribution in [0.25, 0.3) is 22.4 Å². The second kappa shape index (κ2) is 7.47. The number of nitrogens with one attached hydrogen (secondary N) is 1. The SMILES string of the molecule is CCOc1ccc(-c2nc3ccc(N4Cc5cc(N(C)C)ccc5C4=O)cc3[nH]2)cc1. The lowest BCUT2D eigenvalue weighted by molar-refractivity contribution is 0.0996. The first-order valence-electron chi connectivity index (χ1n) is 10.4. The van der Waals surface area contributed by atoms with Gasteiger partial charge in [-0.15, -0.1) is 0 Å². The van der Waals surface area contributed by atoms with E-state index >= 15 is 0 Å². The standard InChI is InChI=1S/C25H24N4O2/c1-4-31-20-9-5-16(6-10-20)24-26-22-12-8-19(14-23(22)27-24)29-15-17-13-18(28(2)3)7-11-21(17)25(29)30/h5-14H,4,15H2,1-3H3,(H,26,27). The molecule has 1 N–H and O–H groups in total. The molecular formula is C25H24N4O2. The average molecular weight is 412 g/mol. The van der Waals surface area contributed by atoms with Gasteiger partial charge in [-0.25, -0.2) is 4.98 Å². The molecular weight excluding hydrogens is 388 g/mol. The Labute approximate surface area is 181 Å². The fourth-order valence-corrected chi connectivity index (χ4v) is 3.97. The van der Waals surface area contributed by atoms with E-state index in [1.54, 1.807) is 0 Å². The van der Waals surface area contributed by atoms with Crippen molar-refractivity contribution < 1.29 is 9.53 Å². The summed E-state index contributed by atoms with van der Waals surface area (Å²) in [5.74, 6) is 1.67. The third kappa shape index (κ3) is 3.40. The number of carbonyl (C=O) groups is 1. The van der Waals surface area contributed by atoms with Crippen LogP contribution in [0.15, 0.2) is 60.7 Å². The number of amides is 1. The molecule has 0 atom stereocenters. The number of aromatic nitrogens is 2. The number of imidazole rings is 1. The van der Waals surface area contributed by atoms with Crippen LogP contribution in [0.3, 0.4) is 0 Å². The molecule has 1 aliphatic rings. The van der Waals surface area contributed by atoms with Crippen molar-refractivity contribution in [2.24, 2.45) is 0 Å². The molecule has 0 saturated carbocycles. The first-order chi connectivity index (χ1) is 15.0. The molecule has 0 radical (unpaired) electrons. The van der Waals surface area contributed by atoms with Gasteiger partial charge >= 0.3 is 0 Å². The second-order valence-electron chi connectivity index (χ2n) is 7.87. The normalized spacial score (nSPS) is 13.0. The molecule has 5 rings (SSSR count). The summed E-state index contributed by atoms with van der Waals surface area (Å²) in [6.45, 7) is 3.18. The molecule has 31 heavy (non-hydrogen) atoms. The van der Waals surface area contributed by atoms with Gasteiger partial charge in [-0.1, -0.05) is 0 Å².